The maximum atomic E-state index is 12.8. The van der Waals surface area contributed by atoms with E-state index in [9.17, 15) is 14.4 Å². The molecule has 3 amide bonds. The van der Waals surface area contributed by atoms with Crippen molar-refractivity contribution in [2.24, 2.45) is 0 Å². The van der Waals surface area contributed by atoms with Gasteiger partial charge in [0.2, 0.25) is 5.91 Å². The first-order valence-electron chi connectivity index (χ1n) is 8.97. The number of imide groups is 1. The van der Waals surface area contributed by atoms with E-state index in [2.05, 4.69) is 5.32 Å². The zero-order chi connectivity index (χ0) is 22.5. The molecule has 1 N–H and O–H groups in total. The predicted molar refractivity (Wildman–Crippen MR) is 119 cm³/mol. The van der Waals surface area contributed by atoms with Crippen LogP contribution in [0.4, 0.5) is 10.5 Å². The number of amides is 3. The average molecular weight is 463 g/mol. The molecule has 31 heavy (non-hydrogen) atoms. The number of nitrogens with one attached hydrogen (secondary N) is 1. The molecule has 1 saturated heterocycles. The number of thioether (sulfide) groups is 1. The SMILES string of the molecule is COc1cc(OC)c(/C=C2/SC(=O)N(CC(=O)Nc3ccccc3Cl)C2=O)c(OC)c1. The van der Waals surface area contributed by atoms with Gasteiger partial charge in [0.1, 0.15) is 23.8 Å². The minimum Gasteiger partial charge on any atom is -0.496 e. The molecule has 0 saturated carbocycles. The zero-order valence-corrected chi connectivity index (χ0v) is 18.5. The number of para-hydroxylation sites is 1. The molecule has 10 heteroatoms. The molecule has 3 rings (SSSR count). The molecule has 0 aromatic heterocycles. The van der Waals surface area contributed by atoms with E-state index in [0.29, 0.717) is 33.5 Å². The number of carbonyl (C=O) groups excluding carboxylic acids is 3. The van der Waals surface area contributed by atoms with Crippen LogP contribution in [0.25, 0.3) is 6.08 Å². The molecule has 1 fully saturated rings. The lowest BCUT2D eigenvalue weighted by molar-refractivity contribution is -0.127. The summed E-state index contributed by atoms with van der Waals surface area (Å²) in [5.74, 6) is 0.176. The van der Waals surface area contributed by atoms with Gasteiger partial charge in [-0.05, 0) is 30.0 Å². The summed E-state index contributed by atoms with van der Waals surface area (Å²) >= 11 is 6.75. The summed E-state index contributed by atoms with van der Waals surface area (Å²) in [7, 11) is 4.44. The lowest BCUT2D eigenvalue weighted by atomic mass is 10.1. The molecule has 0 unspecified atom stereocenters. The van der Waals surface area contributed by atoms with Gasteiger partial charge in [-0.3, -0.25) is 19.3 Å². The molecule has 0 bridgehead atoms. The fourth-order valence-corrected chi connectivity index (χ4v) is 3.84. The molecule has 0 aliphatic carbocycles. The first-order valence-corrected chi connectivity index (χ1v) is 10.2. The van der Waals surface area contributed by atoms with Gasteiger partial charge in [0.05, 0.1) is 42.5 Å². The quantitative estimate of drug-likeness (QED) is 0.620. The Morgan fingerprint density at radius 1 is 1.10 bits per heavy atom. The first-order chi connectivity index (χ1) is 14.9. The lowest BCUT2D eigenvalue weighted by Crippen LogP contribution is -2.36. The molecule has 1 aliphatic rings. The van der Waals surface area contributed by atoms with Crippen LogP contribution in [0.2, 0.25) is 5.02 Å². The molecule has 8 nitrogen and oxygen atoms in total. The lowest BCUT2D eigenvalue weighted by Gasteiger charge is -2.14. The summed E-state index contributed by atoms with van der Waals surface area (Å²) < 4.78 is 16.0. The number of halogens is 1. The van der Waals surface area contributed by atoms with Crippen molar-refractivity contribution in [3.8, 4) is 17.2 Å². The number of hydrogen-bond donors (Lipinski definition) is 1. The highest BCUT2D eigenvalue weighted by Gasteiger charge is 2.36. The summed E-state index contributed by atoms with van der Waals surface area (Å²) in [6.07, 6.45) is 1.49. The molecule has 162 valence electrons. The fraction of sp³-hybridized carbons (Fsp3) is 0.190. The highest BCUT2D eigenvalue weighted by atomic mass is 35.5. The standard InChI is InChI=1S/C21H19ClN2O6S/c1-28-12-8-16(29-2)13(17(9-12)30-3)10-18-20(26)24(21(27)31-18)11-19(25)23-15-7-5-4-6-14(15)22/h4-10H,11H2,1-3H3,(H,23,25)/b18-10+. The van der Waals surface area contributed by atoms with Gasteiger partial charge >= 0.3 is 0 Å². The van der Waals surface area contributed by atoms with Crippen LogP contribution in [0.1, 0.15) is 5.56 Å². The smallest absolute Gasteiger partial charge is 0.294 e. The van der Waals surface area contributed by atoms with Crippen LogP contribution < -0.4 is 19.5 Å². The third kappa shape index (κ3) is 4.95. The average Bonchev–Trinajstić information content (AvgIpc) is 3.02. The first kappa shape index (κ1) is 22.5. The van der Waals surface area contributed by atoms with Crippen LogP contribution in [0, 0.1) is 0 Å². The van der Waals surface area contributed by atoms with Crippen molar-refractivity contribution in [3.63, 3.8) is 0 Å². The van der Waals surface area contributed by atoms with Gasteiger partial charge in [-0.1, -0.05) is 23.7 Å². The number of methoxy groups -OCH3 is 3. The molecule has 1 aliphatic heterocycles. The number of benzene rings is 2. The normalized spacial score (nSPS) is 14.7. The highest BCUT2D eigenvalue weighted by Crippen LogP contribution is 2.39. The van der Waals surface area contributed by atoms with Crippen LogP contribution >= 0.6 is 23.4 Å². The molecule has 0 atom stereocenters. The molecular weight excluding hydrogens is 444 g/mol. The third-order valence-corrected chi connectivity index (χ3v) is 5.59. The van der Waals surface area contributed by atoms with Gasteiger partial charge in [-0.15, -0.1) is 0 Å². The van der Waals surface area contributed by atoms with Gasteiger partial charge in [0.15, 0.2) is 0 Å². The predicted octanol–water partition coefficient (Wildman–Crippen LogP) is 4.04. The van der Waals surface area contributed by atoms with E-state index in [0.717, 1.165) is 16.7 Å². The van der Waals surface area contributed by atoms with Crippen LogP contribution in [0.3, 0.4) is 0 Å². The summed E-state index contributed by atoms with van der Waals surface area (Å²) in [5.41, 5.74) is 0.862. The van der Waals surface area contributed by atoms with Crippen molar-refractivity contribution in [3.05, 3.63) is 51.9 Å². The number of hydrogen-bond acceptors (Lipinski definition) is 7. The molecule has 0 spiro atoms. The van der Waals surface area contributed by atoms with E-state index in [1.807, 2.05) is 0 Å². The van der Waals surface area contributed by atoms with Crippen molar-refractivity contribution in [1.29, 1.82) is 0 Å². The summed E-state index contributed by atoms with van der Waals surface area (Å²) in [4.78, 5) is 38.5. The Morgan fingerprint density at radius 3 is 2.32 bits per heavy atom. The number of rotatable bonds is 7. The Labute approximate surface area is 188 Å². The minimum absolute atomic E-state index is 0.136. The van der Waals surface area contributed by atoms with Crippen molar-refractivity contribution >= 4 is 52.2 Å². The van der Waals surface area contributed by atoms with E-state index >= 15 is 0 Å². The third-order valence-electron chi connectivity index (χ3n) is 4.35. The summed E-state index contributed by atoms with van der Waals surface area (Å²) in [6, 6.07) is 9.94. The monoisotopic (exact) mass is 462 g/mol. The van der Waals surface area contributed by atoms with E-state index in [4.69, 9.17) is 25.8 Å². The van der Waals surface area contributed by atoms with Crippen LogP contribution in [-0.2, 0) is 9.59 Å². The van der Waals surface area contributed by atoms with E-state index in [1.165, 1.54) is 27.4 Å². The molecule has 2 aromatic carbocycles. The summed E-state index contributed by atoms with van der Waals surface area (Å²) in [6.45, 7) is -0.440. The Hall–Kier alpha value is -3.17. The Bertz CT molecular complexity index is 1050. The van der Waals surface area contributed by atoms with Crippen LogP contribution in [0.15, 0.2) is 41.3 Å². The molecule has 1 heterocycles. The molecule has 2 aromatic rings. The fourth-order valence-electron chi connectivity index (χ4n) is 2.84. The van der Waals surface area contributed by atoms with Crippen molar-refractivity contribution in [2.75, 3.05) is 33.2 Å². The van der Waals surface area contributed by atoms with E-state index < -0.39 is 23.6 Å². The number of carbonyl (C=O) groups is 3. The second kappa shape index (κ2) is 9.76. The van der Waals surface area contributed by atoms with Gasteiger partial charge < -0.3 is 19.5 Å². The maximum Gasteiger partial charge on any atom is 0.294 e. The number of anilines is 1. The van der Waals surface area contributed by atoms with Crippen LogP contribution in [-0.4, -0.2) is 49.8 Å². The Morgan fingerprint density at radius 2 is 1.74 bits per heavy atom. The molecular formula is C21H19ClN2O6S. The second-order valence-electron chi connectivity index (χ2n) is 6.24. The van der Waals surface area contributed by atoms with Gasteiger partial charge in [0.25, 0.3) is 11.1 Å². The van der Waals surface area contributed by atoms with Crippen molar-refractivity contribution < 1.29 is 28.6 Å². The largest absolute Gasteiger partial charge is 0.496 e. The zero-order valence-electron chi connectivity index (χ0n) is 16.9. The van der Waals surface area contributed by atoms with E-state index in [1.54, 1.807) is 36.4 Å². The minimum atomic E-state index is -0.593. The van der Waals surface area contributed by atoms with E-state index in [-0.39, 0.29) is 4.91 Å². The Balaban J connectivity index is 1.82. The highest BCUT2D eigenvalue weighted by molar-refractivity contribution is 8.18. The number of nitrogens with zero attached hydrogens (tertiary/aromatic N) is 1. The number of ether oxygens (including phenoxy) is 3. The van der Waals surface area contributed by atoms with Gasteiger partial charge in [-0.25, -0.2) is 0 Å². The Kier molecular flexibility index (Phi) is 7.09. The topological polar surface area (TPSA) is 94.2 Å². The molecule has 0 radical (unpaired) electrons. The van der Waals surface area contributed by atoms with Crippen molar-refractivity contribution in [1.82, 2.24) is 4.90 Å². The van der Waals surface area contributed by atoms with Crippen molar-refractivity contribution in [2.45, 2.75) is 0 Å². The summed E-state index contributed by atoms with van der Waals surface area (Å²) in [5, 5.41) is 2.38. The maximum absolute atomic E-state index is 12.8. The van der Waals surface area contributed by atoms with Gasteiger partial charge in [0, 0.05) is 12.1 Å². The van der Waals surface area contributed by atoms with Crippen LogP contribution in [0.5, 0.6) is 17.2 Å². The second-order valence-corrected chi connectivity index (χ2v) is 7.64. The van der Waals surface area contributed by atoms with Gasteiger partial charge in [-0.2, -0.15) is 0 Å².